The van der Waals surface area contributed by atoms with E-state index in [1.54, 1.807) is 31.1 Å². The normalized spacial score (nSPS) is 10.3. The number of hydrogen-bond acceptors (Lipinski definition) is 2. The molecule has 120 valence electrons. The molecule has 0 radical (unpaired) electrons. The molecule has 0 saturated heterocycles. The van der Waals surface area contributed by atoms with Crippen LogP contribution in [-0.2, 0) is 6.54 Å². The molecule has 0 aliphatic carbocycles. The predicted molar refractivity (Wildman–Crippen MR) is 91.5 cm³/mol. The number of carbonyl (C=O) groups excluding carboxylic acids is 2. The molecule has 1 N–H and O–H groups in total. The average molecular weight is 310 g/mol. The van der Waals surface area contributed by atoms with Gasteiger partial charge in [-0.15, -0.1) is 0 Å². The molecule has 0 bridgehead atoms. The van der Waals surface area contributed by atoms with Crippen molar-refractivity contribution >= 4 is 11.8 Å². The lowest BCUT2D eigenvalue weighted by Crippen LogP contribution is -2.27. The minimum atomic E-state index is -0.114. The molecule has 4 nitrogen and oxygen atoms in total. The summed E-state index contributed by atoms with van der Waals surface area (Å²) in [7, 11) is 3.39. The third-order valence-corrected chi connectivity index (χ3v) is 4.04. The van der Waals surface area contributed by atoms with E-state index in [9.17, 15) is 9.59 Å². The van der Waals surface area contributed by atoms with Crippen LogP contribution >= 0.6 is 0 Å². The molecule has 2 aromatic carbocycles. The van der Waals surface area contributed by atoms with Gasteiger partial charge in [-0.25, -0.2) is 0 Å². The Balaban J connectivity index is 2.12. The summed E-state index contributed by atoms with van der Waals surface area (Å²) in [6.45, 7) is 4.47. The third-order valence-electron chi connectivity index (χ3n) is 4.04. The molecular formula is C19H22N2O2. The Morgan fingerprint density at radius 1 is 1.04 bits per heavy atom. The molecule has 2 aromatic rings. The second kappa shape index (κ2) is 7.09. The molecule has 0 fully saturated rings. The van der Waals surface area contributed by atoms with Gasteiger partial charge in [0.15, 0.2) is 0 Å². The quantitative estimate of drug-likeness (QED) is 0.944. The molecule has 4 heteroatoms. The first kappa shape index (κ1) is 16.7. The maximum absolute atomic E-state index is 12.6. The fourth-order valence-electron chi connectivity index (χ4n) is 2.44. The monoisotopic (exact) mass is 310 g/mol. The Kier molecular flexibility index (Phi) is 5.16. The Bertz CT molecular complexity index is 721. The molecule has 2 amide bonds. The van der Waals surface area contributed by atoms with Crippen LogP contribution in [0.4, 0.5) is 0 Å². The number of rotatable bonds is 4. The highest BCUT2D eigenvalue weighted by Crippen LogP contribution is 2.16. The molecule has 0 spiro atoms. The van der Waals surface area contributed by atoms with Crippen LogP contribution in [-0.4, -0.2) is 30.8 Å². The summed E-state index contributed by atoms with van der Waals surface area (Å²) in [5.74, 6) is -0.113. The highest BCUT2D eigenvalue weighted by molar-refractivity contribution is 5.96. The number of carbonyl (C=O) groups is 2. The van der Waals surface area contributed by atoms with Crippen LogP contribution in [0.5, 0.6) is 0 Å². The zero-order valence-corrected chi connectivity index (χ0v) is 14.0. The molecule has 0 aliphatic rings. The summed E-state index contributed by atoms with van der Waals surface area (Å²) in [4.78, 5) is 25.8. The van der Waals surface area contributed by atoms with Crippen LogP contribution in [0.1, 0.15) is 37.4 Å². The Labute approximate surface area is 137 Å². The number of amides is 2. The maximum atomic E-state index is 12.6. The van der Waals surface area contributed by atoms with Gasteiger partial charge in [0.2, 0.25) is 0 Å². The van der Waals surface area contributed by atoms with Gasteiger partial charge in [-0.3, -0.25) is 9.59 Å². The number of nitrogens with zero attached hydrogens (tertiary/aromatic N) is 1. The highest BCUT2D eigenvalue weighted by atomic mass is 16.2. The molecule has 23 heavy (non-hydrogen) atoms. The van der Waals surface area contributed by atoms with E-state index < -0.39 is 0 Å². The van der Waals surface area contributed by atoms with E-state index in [1.165, 1.54) is 0 Å². The van der Waals surface area contributed by atoms with Crippen molar-refractivity contribution in [1.29, 1.82) is 0 Å². The molecular weight excluding hydrogens is 288 g/mol. The van der Waals surface area contributed by atoms with E-state index in [0.717, 1.165) is 22.3 Å². The fraction of sp³-hybridized carbons (Fsp3) is 0.263. The first-order chi connectivity index (χ1) is 10.9. The first-order valence-corrected chi connectivity index (χ1v) is 7.56. The molecule has 0 heterocycles. The van der Waals surface area contributed by atoms with Gasteiger partial charge in [0.25, 0.3) is 11.8 Å². The van der Waals surface area contributed by atoms with Crippen molar-refractivity contribution < 1.29 is 9.59 Å². The SMILES string of the molecule is CNC(=O)c1ccc(CN(C)C(=O)c2cccc(C)c2C)cc1. The minimum absolute atomic E-state index is 0.00146. The topological polar surface area (TPSA) is 49.4 Å². The predicted octanol–water partition coefficient (Wildman–Crippen LogP) is 2.94. The fourth-order valence-corrected chi connectivity index (χ4v) is 2.44. The van der Waals surface area contributed by atoms with Crippen molar-refractivity contribution in [2.45, 2.75) is 20.4 Å². The number of aryl methyl sites for hydroxylation is 1. The molecule has 0 aromatic heterocycles. The van der Waals surface area contributed by atoms with E-state index >= 15 is 0 Å². The average Bonchev–Trinajstić information content (AvgIpc) is 2.56. The van der Waals surface area contributed by atoms with Gasteiger partial charge in [-0.2, -0.15) is 0 Å². The summed E-state index contributed by atoms with van der Waals surface area (Å²) in [5.41, 5.74) is 4.45. The van der Waals surface area contributed by atoms with Crippen LogP contribution in [0.3, 0.4) is 0 Å². The lowest BCUT2D eigenvalue weighted by Gasteiger charge is -2.19. The number of hydrogen-bond donors (Lipinski definition) is 1. The van der Waals surface area contributed by atoms with Crippen molar-refractivity contribution in [3.05, 3.63) is 70.3 Å². The van der Waals surface area contributed by atoms with Crippen molar-refractivity contribution in [3.63, 3.8) is 0 Å². The molecule has 0 aliphatic heterocycles. The van der Waals surface area contributed by atoms with Gasteiger partial charge in [-0.05, 0) is 48.7 Å². The van der Waals surface area contributed by atoms with Gasteiger partial charge >= 0.3 is 0 Å². The maximum Gasteiger partial charge on any atom is 0.254 e. The Morgan fingerprint density at radius 3 is 2.30 bits per heavy atom. The van der Waals surface area contributed by atoms with Crippen LogP contribution in [0.2, 0.25) is 0 Å². The molecule has 2 rings (SSSR count). The van der Waals surface area contributed by atoms with E-state index in [4.69, 9.17) is 0 Å². The molecule has 0 atom stereocenters. The first-order valence-electron chi connectivity index (χ1n) is 7.56. The Morgan fingerprint density at radius 2 is 1.70 bits per heavy atom. The summed E-state index contributed by atoms with van der Waals surface area (Å²) < 4.78 is 0. The number of benzene rings is 2. The van der Waals surface area contributed by atoms with Gasteiger partial charge in [0, 0.05) is 31.8 Å². The lowest BCUT2D eigenvalue weighted by molar-refractivity contribution is 0.0783. The summed E-state index contributed by atoms with van der Waals surface area (Å²) in [6, 6.07) is 13.0. The van der Waals surface area contributed by atoms with Crippen molar-refractivity contribution in [2.75, 3.05) is 14.1 Å². The second-order valence-electron chi connectivity index (χ2n) is 5.68. The summed E-state index contributed by atoms with van der Waals surface area (Å²) in [6.07, 6.45) is 0. The Hall–Kier alpha value is -2.62. The second-order valence-corrected chi connectivity index (χ2v) is 5.68. The largest absolute Gasteiger partial charge is 0.355 e. The minimum Gasteiger partial charge on any atom is -0.355 e. The molecule has 0 saturated carbocycles. The van der Waals surface area contributed by atoms with Crippen LogP contribution in [0.25, 0.3) is 0 Å². The van der Waals surface area contributed by atoms with E-state index in [1.807, 2.05) is 44.2 Å². The number of nitrogens with one attached hydrogen (secondary N) is 1. The van der Waals surface area contributed by atoms with Crippen LogP contribution < -0.4 is 5.32 Å². The van der Waals surface area contributed by atoms with Crippen molar-refractivity contribution in [2.24, 2.45) is 0 Å². The molecule has 0 unspecified atom stereocenters. The standard InChI is InChI=1S/C19H22N2O2/c1-13-6-5-7-17(14(13)2)19(23)21(4)12-15-8-10-16(11-9-15)18(22)20-3/h5-11H,12H2,1-4H3,(H,20,22). The van der Waals surface area contributed by atoms with Crippen molar-refractivity contribution in [3.8, 4) is 0 Å². The zero-order chi connectivity index (χ0) is 17.0. The summed E-state index contributed by atoms with van der Waals surface area (Å²) >= 11 is 0. The highest BCUT2D eigenvalue weighted by Gasteiger charge is 2.15. The van der Waals surface area contributed by atoms with Gasteiger partial charge in [0.05, 0.1) is 0 Å². The van der Waals surface area contributed by atoms with E-state index in [-0.39, 0.29) is 11.8 Å². The zero-order valence-electron chi connectivity index (χ0n) is 14.0. The van der Waals surface area contributed by atoms with Crippen LogP contribution in [0, 0.1) is 13.8 Å². The lowest BCUT2D eigenvalue weighted by atomic mass is 10.0. The van der Waals surface area contributed by atoms with Gasteiger partial charge in [-0.1, -0.05) is 24.3 Å². The third kappa shape index (κ3) is 3.77. The van der Waals surface area contributed by atoms with E-state index in [0.29, 0.717) is 12.1 Å². The van der Waals surface area contributed by atoms with Crippen LogP contribution in [0.15, 0.2) is 42.5 Å². The smallest absolute Gasteiger partial charge is 0.254 e. The van der Waals surface area contributed by atoms with E-state index in [2.05, 4.69) is 5.32 Å². The van der Waals surface area contributed by atoms with Gasteiger partial charge in [0.1, 0.15) is 0 Å². The summed E-state index contributed by atoms with van der Waals surface area (Å²) in [5, 5.41) is 2.59. The van der Waals surface area contributed by atoms with Crippen molar-refractivity contribution in [1.82, 2.24) is 10.2 Å². The van der Waals surface area contributed by atoms with Gasteiger partial charge < -0.3 is 10.2 Å².